The van der Waals surface area contributed by atoms with Gasteiger partial charge in [0.05, 0.1) is 0 Å². The van der Waals surface area contributed by atoms with E-state index in [1.807, 2.05) is 0 Å². The smallest absolute Gasteiger partial charge is 0 e. The fraction of sp³-hybridized carbons (Fsp3) is 1.00. The van der Waals surface area contributed by atoms with Gasteiger partial charge in [-0.1, -0.05) is 33.1 Å². The van der Waals surface area contributed by atoms with E-state index in [4.69, 9.17) is 0 Å². The second-order valence-corrected chi connectivity index (χ2v) is 1.35. The maximum atomic E-state index is 2.21. The van der Waals surface area contributed by atoms with Crippen LogP contribution in [0, 0.1) is 0 Å². The van der Waals surface area contributed by atoms with Crippen molar-refractivity contribution in [1.29, 1.82) is 0 Å². The van der Waals surface area contributed by atoms with E-state index in [2.05, 4.69) is 13.8 Å². The van der Waals surface area contributed by atoms with Crippen LogP contribution in [0.3, 0.4) is 0 Å². The molecule has 0 aliphatic rings. The molecule has 0 bridgehead atoms. The van der Waals surface area contributed by atoms with E-state index >= 15 is 0 Å². The van der Waals surface area contributed by atoms with Crippen LogP contribution in [0.1, 0.15) is 33.1 Å². The van der Waals surface area contributed by atoms with Gasteiger partial charge in [0.1, 0.15) is 0 Å². The van der Waals surface area contributed by atoms with Gasteiger partial charge < -0.3 is 0 Å². The van der Waals surface area contributed by atoms with Crippen LogP contribution in [-0.4, -0.2) is 0 Å². The maximum absolute atomic E-state index is 2.21. The normalized spacial score (nSPS) is 7.00. The van der Waals surface area contributed by atoms with Gasteiger partial charge in [-0.15, -0.1) is 0 Å². The number of unbranched alkanes of at least 4 members (excludes halogenated alkanes) is 2. The topological polar surface area (TPSA) is 0 Å². The summed E-state index contributed by atoms with van der Waals surface area (Å²) in [6, 6.07) is 0. The summed E-state index contributed by atoms with van der Waals surface area (Å²) >= 11 is 0. The van der Waals surface area contributed by atoms with Crippen molar-refractivity contribution in [2.24, 2.45) is 0 Å². The van der Waals surface area contributed by atoms with E-state index in [0.717, 1.165) is 0 Å². The zero-order valence-corrected chi connectivity index (χ0v) is 5.99. The number of rotatable bonds is 2. The minimum Gasteiger partial charge on any atom is -0.0654 e. The van der Waals surface area contributed by atoms with Gasteiger partial charge in [-0.2, -0.15) is 0 Å². The molecular weight excluding hydrogens is 166 g/mol. The second-order valence-electron chi connectivity index (χ2n) is 1.35. The van der Waals surface area contributed by atoms with Crippen LogP contribution in [0.15, 0.2) is 0 Å². The second kappa shape index (κ2) is 9.18. The molecule has 0 saturated heterocycles. The summed E-state index contributed by atoms with van der Waals surface area (Å²) in [5.41, 5.74) is 0. The monoisotopic (exact) mass is 178 g/mol. The molecule has 0 heterocycles. The molecule has 0 N–H and O–H groups in total. The third-order valence-corrected chi connectivity index (χ3v) is 0.707. The Morgan fingerprint density at radius 1 is 1.00 bits per heavy atom. The van der Waals surface area contributed by atoms with Crippen LogP contribution >= 0.6 is 0 Å². The summed E-state index contributed by atoms with van der Waals surface area (Å²) in [6.07, 6.45) is 4.08. The van der Waals surface area contributed by atoms with Gasteiger partial charge in [-0.05, 0) is 0 Å². The first-order valence-corrected chi connectivity index (χ1v) is 2.41. The average Bonchev–Trinajstić information content (AvgIpc) is 1.41. The van der Waals surface area contributed by atoms with Crippen LogP contribution in [0.2, 0.25) is 0 Å². The minimum absolute atomic E-state index is 0. The van der Waals surface area contributed by atoms with E-state index in [9.17, 15) is 0 Å². The van der Waals surface area contributed by atoms with E-state index in [1.54, 1.807) is 0 Å². The van der Waals surface area contributed by atoms with E-state index in [-0.39, 0.29) is 20.4 Å². The summed E-state index contributed by atoms with van der Waals surface area (Å²) in [5, 5.41) is 0. The molecule has 0 aromatic carbocycles. The molecule has 0 amide bonds. The van der Waals surface area contributed by atoms with Gasteiger partial charge in [-0.25, -0.2) is 0 Å². The third kappa shape index (κ3) is 8.82. The number of hydrogen-bond donors (Lipinski definition) is 0. The first-order chi connectivity index (χ1) is 2.41. The van der Waals surface area contributed by atoms with E-state index in [1.165, 1.54) is 19.3 Å². The Balaban J connectivity index is 0. The largest absolute Gasteiger partial charge is 0.0654 e. The van der Waals surface area contributed by atoms with Crippen LogP contribution in [-0.2, 0) is 20.4 Å². The SMILES string of the molecule is CCCCC.[Pd]. The summed E-state index contributed by atoms with van der Waals surface area (Å²) in [5.74, 6) is 0. The number of hydrogen-bond acceptors (Lipinski definition) is 0. The predicted molar refractivity (Wildman–Crippen MR) is 25.2 cm³/mol. The molecule has 42 valence electrons. The van der Waals surface area contributed by atoms with Crippen molar-refractivity contribution in [3.8, 4) is 0 Å². The molecule has 0 unspecified atom stereocenters. The quantitative estimate of drug-likeness (QED) is 0.569. The van der Waals surface area contributed by atoms with Gasteiger partial charge in [0.2, 0.25) is 0 Å². The Kier molecular flexibility index (Phi) is 15.0. The molecule has 0 fully saturated rings. The van der Waals surface area contributed by atoms with Gasteiger partial charge in [-0.3, -0.25) is 0 Å². The molecule has 0 spiro atoms. The molecule has 0 radical (unpaired) electrons. The maximum Gasteiger partial charge on any atom is 0 e. The van der Waals surface area contributed by atoms with Crippen LogP contribution in [0.5, 0.6) is 0 Å². The predicted octanol–water partition coefficient (Wildman–Crippen LogP) is 2.19. The van der Waals surface area contributed by atoms with Gasteiger partial charge in [0, 0.05) is 20.4 Å². The van der Waals surface area contributed by atoms with Crippen molar-refractivity contribution in [3.63, 3.8) is 0 Å². The van der Waals surface area contributed by atoms with Crippen molar-refractivity contribution in [1.82, 2.24) is 0 Å². The first kappa shape index (κ1) is 9.83. The van der Waals surface area contributed by atoms with Gasteiger partial charge >= 0.3 is 0 Å². The molecule has 0 aromatic heterocycles. The van der Waals surface area contributed by atoms with Crippen molar-refractivity contribution in [2.45, 2.75) is 33.1 Å². The average molecular weight is 179 g/mol. The first-order valence-electron chi connectivity index (χ1n) is 2.41. The Hall–Kier alpha value is 0.662. The van der Waals surface area contributed by atoms with Crippen LogP contribution < -0.4 is 0 Å². The van der Waals surface area contributed by atoms with Crippen LogP contribution in [0.4, 0.5) is 0 Å². The zero-order valence-electron chi connectivity index (χ0n) is 4.44. The molecule has 1 heteroatoms. The van der Waals surface area contributed by atoms with E-state index in [0.29, 0.717) is 0 Å². The van der Waals surface area contributed by atoms with Crippen molar-refractivity contribution in [2.75, 3.05) is 0 Å². The van der Waals surface area contributed by atoms with E-state index < -0.39 is 0 Å². The molecule has 0 saturated carbocycles. The standard InChI is InChI=1S/C5H12.Pd/c1-3-5-4-2;/h3-5H2,1-2H3;. The third-order valence-electron chi connectivity index (χ3n) is 0.707. The summed E-state index contributed by atoms with van der Waals surface area (Å²) in [6.45, 7) is 4.42. The minimum atomic E-state index is 0. The molecule has 0 aliphatic heterocycles. The summed E-state index contributed by atoms with van der Waals surface area (Å²) < 4.78 is 0. The molecule has 0 nitrogen and oxygen atoms in total. The van der Waals surface area contributed by atoms with Gasteiger partial charge in [0.15, 0.2) is 0 Å². The summed E-state index contributed by atoms with van der Waals surface area (Å²) in [7, 11) is 0. The Morgan fingerprint density at radius 2 is 1.33 bits per heavy atom. The zero-order chi connectivity index (χ0) is 4.12. The molecule has 0 aliphatic carbocycles. The van der Waals surface area contributed by atoms with Crippen molar-refractivity contribution >= 4 is 0 Å². The van der Waals surface area contributed by atoms with Crippen molar-refractivity contribution in [3.05, 3.63) is 0 Å². The molecule has 0 aromatic rings. The Labute approximate surface area is 54.0 Å². The fourth-order valence-corrected chi connectivity index (χ4v) is 0.354. The molecule has 6 heavy (non-hydrogen) atoms. The fourth-order valence-electron chi connectivity index (χ4n) is 0.354. The Morgan fingerprint density at radius 3 is 1.33 bits per heavy atom. The van der Waals surface area contributed by atoms with Crippen molar-refractivity contribution < 1.29 is 20.4 Å². The summed E-state index contributed by atoms with van der Waals surface area (Å²) in [4.78, 5) is 0. The molecule has 0 rings (SSSR count). The molecular formula is C5H12Pd. The van der Waals surface area contributed by atoms with Gasteiger partial charge in [0.25, 0.3) is 0 Å². The molecule has 0 atom stereocenters. The Bertz CT molecular complexity index is 11.4. The van der Waals surface area contributed by atoms with Crippen LogP contribution in [0.25, 0.3) is 0 Å².